The van der Waals surface area contributed by atoms with Crippen LogP contribution in [-0.4, -0.2) is 5.78 Å². The molecule has 4 aromatic carbocycles. The third kappa shape index (κ3) is 4.73. The second-order valence-electron chi connectivity index (χ2n) is 8.84. The van der Waals surface area contributed by atoms with Crippen LogP contribution in [0, 0.1) is 27.7 Å². The van der Waals surface area contributed by atoms with Crippen molar-refractivity contribution in [3.63, 3.8) is 0 Å². The Morgan fingerprint density at radius 2 is 0.938 bits per heavy atom. The van der Waals surface area contributed by atoms with E-state index in [9.17, 15) is 4.79 Å². The van der Waals surface area contributed by atoms with E-state index in [1.54, 1.807) is 0 Å². The number of ketones is 1. The van der Waals surface area contributed by atoms with Gasteiger partial charge >= 0.3 is 0 Å². The maximum atomic E-state index is 13.2. The number of hydrogen-bond acceptors (Lipinski definition) is 1. The van der Waals surface area contributed by atoms with Gasteiger partial charge in [0.2, 0.25) is 0 Å². The average molecular weight is 419 g/mol. The molecule has 0 fully saturated rings. The summed E-state index contributed by atoms with van der Waals surface area (Å²) in [5.74, 6) is 0.236. The zero-order valence-corrected chi connectivity index (χ0v) is 19.4. The number of aryl methyl sites for hydroxylation is 4. The van der Waals surface area contributed by atoms with E-state index < -0.39 is 0 Å². The van der Waals surface area contributed by atoms with Crippen molar-refractivity contribution in [2.24, 2.45) is 0 Å². The molecule has 0 spiro atoms. The van der Waals surface area contributed by atoms with Crippen LogP contribution in [0.2, 0.25) is 0 Å². The summed E-state index contributed by atoms with van der Waals surface area (Å²) in [5.41, 5.74) is 11.9. The Balaban J connectivity index is 1.61. The molecule has 32 heavy (non-hydrogen) atoms. The topological polar surface area (TPSA) is 17.1 Å². The van der Waals surface area contributed by atoms with Crippen molar-refractivity contribution in [3.05, 3.63) is 118 Å². The van der Waals surface area contributed by atoms with E-state index in [0.29, 0.717) is 12.8 Å². The van der Waals surface area contributed by atoms with Crippen LogP contribution in [0.25, 0.3) is 22.3 Å². The highest BCUT2D eigenvalue weighted by Gasteiger charge is 2.14. The van der Waals surface area contributed by atoms with Crippen molar-refractivity contribution in [1.82, 2.24) is 0 Å². The summed E-state index contributed by atoms with van der Waals surface area (Å²) in [4.78, 5) is 13.2. The van der Waals surface area contributed by atoms with Gasteiger partial charge in [0.15, 0.2) is 0 Å². The van der Waals surface area contributed by atoms with Crippen molar-refractivity contribution in [1.29, 1.82) is 0 Å². The van der Waals surface area contributed by atoms with Gasteiger partial charge in [-0.25, -0.2) is 0 Å². The molecule has 0 atom stereocenters. The van der Waals surface area contributed by atoms with Gasteiger partial charge in [-0.05, 0) is 72.2 Å². The second-order valence-corrected chi connectivity index (χ2v) is 8.84. The van der Waals surface area contributed by atoms with Gasteiger partial charge in [0.1, 0.15) is 5.78 Å². The van der Waals surface area contributed by atoms with Gasteiger partial charge in [-0.15, -0.1) is 0 Å². The zero-order valence-electron chi connectivity index (χ0n) is 19.4. The lowest BCUT2D eigenvalue weighted by Crippen LogP contribution is -2.09. The molecular weight excluding hydrogens is 388 g/mol. The van der Waals surface area contributed by atoms with E-state index in [1.165, 1.54) is 33.4 Å². The molecule has 1 nitrogen and oxygen atoms in total. The maximum absolute atomic E-state index is 13.2. The summed E-state index contributed by atoms with van der Waals surface area (Å²) < 4.78 is 0. The Kier molecular flexibility index (Phi) is 6.37. The molecule has 0 aliphatic heterocycles. The summed E-state index contributed by atoms with van der Waals surface area (Å²) in [7, 11) is 0. The van der Waals surface area contributed by atoms with Gasteiger partial charge in [0.05, 0.1) is 0 Å². The molecule has 0 aliphatic carbocycles. The lowest BCUT2D eigenvalue weighted by atomic mass is 9.89. The van der Waals surface area contributed by atoms with E-state index in [2.05, 4.69) is 100 Å². The maximum Gasteiger partial charge on any atom is 0.141 e. The molecule has 0 saturated heterocycles. The van der Waals surface area contributed by atoms with E-state index in [1.807, 2.05) is 12.1 Å². The monoisotopic (exact) mass is 418 g/mol. The number of benzene rings is 4. The molecule has 0 bridgehead atoms. The second kappa shape index (κ2) is 9.36. The van der Waals surface area contributed by atoms with E-state index in [-0.39, 0.29) is 5.78 Å². The van der Waals surface area contributed by atoms with Crippen LogP contribution >= 0.6 is 0 Å². The molecule has 0 saturated carbocycles. The highest BCUT2D eigenvalue weighted by Crippen LogP contribution is 2.30. The van der Waals surface area contributed by atoms with Crippen LogP contribution in [0.1, 0.15) is 33.4 Å². The quantitative estimate of drug-likeness (QED) is 0.315. The molecule has 4 rings (SSSR count). The molecule has 0 aromatic heterocycles. The van der Waals surface area contributed by atoms with Gasteiger partial charge < -0.3 is 0 Å². The van der Waals surface area contributed by atoms with Gasteiger partial charge in [0.25, 0.3) is 0 Å². The zero-order chi connectivity index (χ0) is 22.7. The number of carbonyl (C=O) groups excluding carboxylic acids is 1. The Bertz CT molecular complexity index is 1180. The van der Waals surface area contributed by atoms with Crippen LogP contribution in [0.3, 0.4) is 0 Å². The minimum Gasteiger partial charge on any atom is -0.299 e. The fourth-order valence-corrected chi connectivity index (χ4v) is 4.59. The van der Waals surface area contributed by atoms with Crippen LogP contribution in [-0.2, 0) is 17.6 Å². The molecular formula is C31H30O. The number of hydrogen-bond donors (Lipinski definition) is 0. The van der Waals surface area contributed by atoms with Gasteiger partial charge in [-0.3, -0.25) is 4.79 Å². The number of rotatable bonds is 6. The highest BCUT2D eigenvalue weighted by atomic mass is 16.1. The predicted molar refractivity (Wildman–Crippen MR) is 135 cm³/mol. The largest absolute Gasteiger partial charge is 0.299 e. The van der Waals surface area contributed by atoms with E-state index in [0.717, 1.165) is 22.3 Å². The first kappa shape index (κ1) is 21.8. The first-order valence-corrected chi connectivity index (χ1v) is 11.2. The SMILES string of the molecule is Cc1ccc(-c2ccccc2CC(=O)Cc2ccccc2-c2ccc(C)cc2C)c(C)c1. The molecule has 160 valence electrons. The molecule has 0 amide bonds. The van der Waals surface area contributed by atoms with Crippen molar-refractivity contribution >= 4 is 5.78 Å². The summed E-state index contributed by atoms with van der Waals surface area (Å²) in [6.45, 7) is 8.50. The van der Waals surface area contributed by atoms with Crippen LogP contribution < -0.4 is 0 Å². The van der Waals surface area contributed by atoms with Crippen LogP contribution in [0.5, 0.6) is 0 Å². The first-order chi connectivity index (χ1) is 15.4. The fourth-order valence-electron chi connectivity index (χ4n) is 4.59. The van der Waals surface area contributed by atoms with Gasteiger partial charge in [0, 0.05) is 12.8 Å². The lowest BCUT2D eigenvalue weighted by Gasteiger charge is -2.14. The molecule has 0 aliphatic rings. The van der Waals surface area contributed by atoms with E-state index >= 15 is 0 Å². The Morgan fingerprint density at radius 1 is 0.531 bits per heavy atom. The van der Waals surface area contributed by atoms with Crippen LogP contribution in [0.4, 0.5) is 0 Å². The third-order valence-corrected chi connectivity index (χ3v) is 6.15. The number of carbonyl (C=O) groups is 1. The molecule has 0 unspecified atom stereocenters. The van der Waals surface area contributed by atoms with Crippen molar-refractivity contribution in [3.8, 4) is 22.3 Å². The average Bonchev–Trinajstić information content (AvgIpc) is 2.75. The Labute approximate surface area is 191 Å². The Hall–Kier alpha value is -3.45. The molecule has 1 heteroatoms. The molecule has 0 heterocycles. The van der Waals surface area contributed by atoms with Crippen molar-refractivity contribution in [2.75, 3.05) is 0 Å². The smallest absolute Gasteiger partial charge is 0.141 e. The van der Waals surface area contributed by atoms with Gasteiger partial charge in [-0.2, -0.15) is 0 Å². The van der Waals surface area contributed by atoms with Crippen LogP contribution in [0.15, 0.2) is 84.9 Å². The lowest BCUT2D eigenvalue weighted by molar-refractivity contribution is -0.117. The normalized spacial score (nSPS) is 10.9. The first-order valence-electron chi connectivity index (χ1n) is 11.2. The molecule has 0 N–H and O–H groups in total. The fraction of sp³-hybridized carbons (Fsp3) is 0.194. The standard InChI is InChI=1S/C31H30O/c1-21-13-15-28(23(3)17-21)30-11-7-5-9-25(30)19-27(32)20-26-10-6-8-12-31(26)29-16-14-22(2)18-24(29)4/h5-18H,19-20H2,1-4H3. The number of Topliss-reactive ketones (excluding diaryl/α,β-unsaturated/α-hetero) is 1. The van der Waals surface area contributed by atoms with Crippen molar-refractivity contribution < 1.29 is 4.79 Å². The minimum absolute atomic E-state index is 0.236. The minimum atomic E-state index is 0.236. The summed E-state index contributed by atoms with van der Waals surface area (Å²) >= 11 is 0. The Morgan fingerprint density at radius 3 is 1.34 bits per heavy atom. The van der Waals surface area contributed by atoms with E-state index in [4.69, 9.17) is 0 Å². The molecule has 4 aromatic rings. The molecule has 0 radical (unpaired) electrons. The van der Waals surface area contributed by atoms with Crippen molar-refractivity contribution in [2.45, 2.75) is 40.5 Å². The summed E-state index contributed by atoms with van der Waals surface area (Å²) in [6, 6.07) is 29.6. The highest BCUT2D eigenvalue weighted by molar-refractivity contribution is 5.88. The predicted octanol–water partition coefficient (Wildman–Crippen LogP) is 7.61. The summed E-state index contributed by atoms with van der Waals surface area (Å²) in [5, 5.41) is 0. The summed E-state index contributed by atoms with van der Waals surface area (Å²) in [6.07, 6.45) is 0.870. The van der Waals surface area contributed by atoms with Gasteiger partial charge in [-0.1, -0.05) is 96.1 Å². The third-order valence-electron chi connectivity index (χ3n) is 6.15.